The average molecular weight is 619 g/mol. The smallest absolute Gasteiger partial charge is 0.119 e. The van der Waals surface area contributed by atoms with Crippen LogP contribution in [0.5, 0.6) is 5.75 Å². The van der Waals surface area contributed by atoms with Crippen LogP contribution in [-0.4, -0.2) is 119 Å². The Hall–Kier alpha value is -1.37. The molecule has 0 bridgehead atoms. The van der Waals surface area contributed by atoms with E-state index in [2.05, 4.69) is 31.2 Å². The summed E-state index contributed by atoms with van der Waals surface area (Å²) in [5.41, 5.74) is 1.38. The zero-order chi connectivity index (χ0) is 30.7. The summed E-state index contributed by atoms with van der Waals surface area (Å²) in [6, 6.07) is 8.44. The van der Waals surface area contributed by atoms with Crippen LogP contribution in [0.25, 0.3) is 0 Å². The van der Waals surface area contributed by atoms with E-state index in [-0.39, 0.29) is 6.61 Å². The molecule has 10 heteroatoms. The largest absolute Gasteiger partial charge is 0.491 e. The van der Waals surface area contributed by atoms with E-state index in [4.69, 9.17) is 42.6 Å². The fourth-order valence-electron chi connectivity index (χ4n) is 3.95. The van der Waals surface area contributed by atoms with Gasteiger partial charge in [-0.25, -0.2) is 4.39 Å². The molecule has 0 saturated carbocycles. The monoisotopic (exact) mass is 618 g/mol. The molecule has 1 rings (SSSR count). The van der Waals surface area contributed by atoms with E-state index in [9.17, 15) is 4.39 Å². The Morgan fingerprint density at radius 3 is 1.16 bits per heavy atom. The molecule has 0 aliphatic carbocycles. The predicted molar refractivity (Wildman–Crippen MR) is 166 cm³/mol. The Morgan fingerprint density at radius 1 is 0.419 bits per heavy atom. The molecule has 0 fully saturated rings. The number of aryl methyl sites for hydroxylation is 1. The van der Waals surface area contributed by atoms with Crippen molar-refractivity contribution in [2.24, 2.45) is 0 Å². The van der Waals surface area contributed by atoms with Crippen LogP contribution in [0.1, 0.15) is 57.4 Å². The Bertz CT molecular complexity index is 666. The lowest BCUT2D eigenvalue weighted by Crippen LogP contribution is -2.15. The van der Waals surface area contributed by atoms with Gasteiger partial charge in [-0.15, -0.1) is 0 Å². The zero-order valence-electron chi connectivity index (χ0n) is 26.7. The third-order valence-electron chi connectivity index (χ3n) is 6.31. The summed E-state index contributed by atoms with van der Waals surface area (Å²) >= 11 is 0. The summed E-state index contributed by atoms with van der Waals surface area (Å²) in [7, 11) is 0. The number of halogens is 1. The molecule has 9 nitrogen and oxygen atoms in total. The van der Waals surface area contributed by atoms with Gasteiger partial charge in [0.05, 0.1) is 106 Å². The van der Waals surface area contributed by atoms with Crippen LogP contribution >= 0.6 is 0 Å². The second kappa shape index (κ2) is 33.5. The van der Waals surface area contributed by atoms with E-state index in [0.29, 0.717) is 106 Å². The Kier molecular flexibility index (Phi) is 30.9. The minimum atomic E-state index is -0.470. The van der Waals surface area contributed by atoms with Crippen molar-refractivity contribution in [3.05, 3.63) is 29.8 Å². The first-order valence-electron chi connectivity index (χ1n) is 16.3. The quantitative estimate of drug-likeness (QED) is 0.0921. The van der Waals surface area contributed by atoms with Crippen LogP contribution in [0.3, 0.4) is 0 Å². The maximum absolute atomic E-state index is 11.8. The van der Waals surface area contributed by atoms with Gasteiger partial charge in [-0.3, -0.25) is 0 Å². The molecule has 0 atom stereocenters. The second-order valence-corrected chi connectivity index (χ2v) is 9.95. The van der Waals surface area contributed by atoms with Gasteiger partial charge in [0.15, 0.2) is 0 Å². The first-order valence-corrected chi connectivity index (χ1v) is 16.3. The molecule has 0 spiro atoms. The van der Waals surface area contributed by atoms with Crippen molar-refractivity contribution in [3.63, 3.8) is 0 Å². The molecule has 0 aromatic heterocycles. The van der Waals surface area contributed by atoms with Crippen molar-refractivity contribution in [2.45, 2.75) is 58.3 Å². The molecular weight excluding hydrogens is 559 g/mol. The highest BCUT2D eigenvalue weighted by atomic mass is 19.1. The molecule has 43 heavy (non-hydrogen) atoms. The number of unbranched alkanes of at least 4 members (excludes halogenated alkanes) is 6. The van der Waals surface area contributed by atoms with Gasteiger partial charge in [-0.05, 0) is 30.5 Å². The van der Waals surface area contributed by atoms with Gasteiger partial charge in [-0.1, -0.05) is 57.6 Å². The number of ether oxygens (including phenoxy) is 9. The number of hydrogen-bond acceptors (Lipinski definition) is 9. The maximum atomic E-state index is 11.8. The lowest BCUT2D eigenvalue weighted by atomic mass is 10.0. The van der Waals surface area contributed by atoms with Gasteiger partial charge < -0.3 is 42.6 Å². The second-order valence-electron chi connectivity index (χ2n) is 9.95. The van der Waals surface area contributed by atoms with Gasteiger partial charge in [-0.2, -0.15) is 0 Å². The summed E-state index contributed by atoms with van der Waals surface area (Å²) in [6.07, 6.45) is 10.5. The molecule has 0 amide bonds. The molecule has 252 valence electrons. The molecule has 0 aliphatic heterocycles. The number of benzene rings is 1. The van der Waals surface area contributed by atoms with Crippen LogP contribution in [0, 0.1) is 0 Å². The van der Waals surface area contributed by atoms with Crippen molar-refractivity contribution < 1.29 is 47.0 Å². The number of hydrogen-bond donors (Lipinski definition) is 0. The SMILES string of the molecule is CCCCCCCCCc1ccc(OCCOCCOCCOCCOCCOCCOCCOCCOCCF)cc1. The molecule has 0 unspecified atom stereocenters. The summed E-state index contributed by atoms with van der Waals surface area (Å²) < 4.78 is 60.7. The summed E-state index contributed by atoms with van der Waals surface area (Å²) in [4.78, 5) is 0. The molecule has 0 saturated heterocycles. The minimum Gasteiger partial charge on any atom is -0.491 e. The van der Waals surface area contributed by atoms with Gasteiger partial charge in [0.25, 0.3) is 0 Å². The maximum Gasteiger partial charge on any atom is 0.119 e. The first kappa shape index (κ1) is 39.7. The molecule has 0 aliphatic rings. The van der Waals surface area contributed by atoms with Crippen molar-refractivity contribution in [2.75, 3.05) is 119 Å². The van der Waals surface area contributed by atoms with Gasteiger partial charge >= 0.3 is 0 Å². The number of alkyl halides is 1. The van der Waals surface area contributed by atoms with Crippen molar-refractivity contribution >= 4 is 0 Å². The highest BCUT2D eigenvalue weighted by molar-refractivity contribution is 5.27. The summed E-state index contributed by atoms with van der Waals surface area (Å²) in [5.74, 6) is 0.885. The predicted octanol–water partition coefficient (Wildman–Crippen LogP) is 5.46. The van der Waals surface area contributed by atoms with E-state index in [1.165, 1.54) is 50.5 Å². The van der Waals surface area contributed by atoms with Crippen LogP contribution in [-0.2, 0) is 44.3 Å². The van der Waals surface area contributed by atoms with Crippen LogP contribution < -0.4 is 4.74 Å². The van der Waals surface area contributed by atoms with Gasteiger partial charge in [0, 0.05) is 0 Å². The normalized spacial score (nSPS) is 11.4. The highest BCUT2D eigenvalue weighted by Crippen LogP contribution is 2.15. The third kappa shape index (κ3) is 29.1. The lowest BCUT2D eigenvalue weighted by Gasteiger charge is -2.09. The van der Waals surface area contributed by atoms with Crippen LogP contribution in [0.2, 0.25) is 0 Å². The molecule has 1 aromatic carbocycles. The lowest BCUT2D eigenvalue weighted by molar-refractivity contribution is -0.0238. The van der Waals surface area contributed by atoms with E-state index in [1.54, 1.807) is 0 Å². The van der Waals surface area contributed by atoms with Crippen LogP contribution in [0.15, 0.2) is 24.3 Å². The van der Waals surface area contributed by atoms with Crippen molar-refractivity contribution in [1.29, 1.82) is 0 Å². The fourth-order valence-corrected chi connectivity index (χ4v) is 3.95. The Morgan fingerprint density at radius 2 is 0.767 bits per heavy atom. The molecule has 0 N–H and O–H groups in total. The number of rotatable bonds is 35. The van der Waals surface area contributed by atoms with Gasteiger partial charge in [0.1, 0.15) is 19.0 Å². The van der Waals surface area contributed by atoms with Gasteiger partial charge in [0.2, 0.25) is 0 Å². The fraction of sp³-hybridized carbons (Fsp3) is 0.818. The summed E-state index contributed by atoms with van der Waals surface area (Å²) in [5, 5.41) is 0. The standard InChI is InChI=1S/C33H59FO9/c1-2-3-4-5-6-7-8-9-32-10-12-33(13-11-32)43-31-30-42-29-28-41-27-26-40-25-24-39-23-22-38-21-20-37-19-18-36-17-16-35-15-14-34/h10-13H,2-9,14-31H2,1H3. The average Bonchev–Trinajstić information content (AvgIpc) is 3.03. The molecular formula is C33H59FO9. The molecule has 1 aromatic rings. The minimum absolute atomic E-state index is 0.118. The van der Waals surface area contributed by atoms with Crippen molar-refractivity contribution in [3.8, 4) is 5.75 Å². The van der Waals surface area contributed by atoms with Crippen LogP contribution in [0.4, 0.5) is 4.39 Å². The zero-order valence-corrected chi connectivity index (χ0v) is 26.7. The highest BCUT2D eigenvalue weighted by Gasteiger charge is 1.99. The first-order chi connectivity index (χ1) is 21.4. The van der Waals surface area contributed by atoms with E-state index in [0.717, 1.165) is 12.2 Å². The molecule has 0 heterocycles. The third-order valence-corrected chi connectivity index (χ3v) is 6.31. The topological polar surface area (TPSA) is 83.1 Å². The van der Waals surface area contributed by atoms with E-state index in [1.807, 2.05) is 0 Å². The van der Waals surface area contributed by atoms with Crippen molar-refractivity contribution in [1.82, 2.24) is 0 Å². The summed E-state index contributed by atoms with van der Waals surface area (Å²) in [6.45, 7) is 9.89. The Labute approximate surface area is 259 Å². The molecule has 0 radical (unpaired) electrons. The van der Waals surface area contributed by atoms with E-state index >= 15 is 0 Å². The Balaban J connectivity index is 1.73. The van der Waals surface area contributed by atoms with E-state index < -0.39 is 6.67 Å².